The molecule has 0 spiro atoms. The molecule has 4 aromatic carbocycles. The predicted molar refractivity (Wildman–Crippen MR) is 148 cm³/mol. The van der Waals surface area contributed by atoms with Gasteiger partial charge in [-0.3, -0.25) is 14.4 Å². The van der Waals surface area contributed by atoms with Crippen LogP contribution in [0, 0.1) is 6.92 Å². The maximum Gasteiger partial charge on any atom is 0.262 e. The van der Waals surface area contributed by atoms with Crippen LogP contribution in [0.15, 0.2) is 91.0 Å². The molecule has 8 heteroatoms. The molecule has 0 aliphatic carbocycles. The molecule has 0 aliphatic rings. The summed E-state index contributed by atoms with van der Waals surface area (Å²) in [6, 6.07) is 25.3. The van der Waals surface area contributed by atoms with Gasteiger partial charge < -0.3 is 20.1 Å². The first-order chi connectivity index (χ1) is 18.3. The van der Waals surface area contributed by atoms with Crippen LogP contribution >= 0.6 is 11.6 Å². The molecule has 0 saturated heterocycles. The number of benzene rings is 4. The van der Waals surface area contributed by atoms with Crippen LogP contribution in [0.5, 0.6) is 11.5 Å². The summed E-state index contributed by atoms with van der Waals surface area (Å²) in [6.07, 6.45) is 0. The molecule has 4 rings (SSSR count). The lowest BCUT2D eigenvalue weighted by atomic mass is 10.0. The molecule has 7 nitrogen and oxygen atoms in total. The fourth-order valence-electron chi connectivity index (χ4n) is 3.71. The Kier molecular flexibility index (Phi) is 8.40. The highest BCUT2D eigenvalue weighted by Crippen LogP contribution is 2.26. The van der Waals surface area contributed by atoms with Crippen LogP contribution in [0.2, 0.25) is 5.02 Å². The second kappa shape index (κ2) is 12.1. The summed E-state index contributed by atoms with van der Waals surface area (Å²) in [7, 11) is 1.54. The molecule has 0 fully saturated rings. The van der Waals surface area contributed by atoms with Crippen LogP contribution in [0.4, 0.5) is 11.4 Å². The van der Waals surface area contributed by atoms with E-state index in [-0.39, 0.29) is 23.9 Å². The summed E-state index contributed by atoms with van der Waals surface area (Å²) in [4.78, 5) is 38.2. The first-order valence-electron chi connectivity index (χ1n) is 11.7. The molecule has 0 heterocycles. The van der Waals surface area contributed by atoms with Crippen LogP contribution < -0.4 is 20.1 Å². The third kappa shape index (κ3) is 6.57. The molecule has 2 N–H and O–H groups in total. The van der Waals surface area contributed by atoms with Crippen LogP contribution in [0.3, 0.4) is 0 Å². The standard InChI is InChI=1S/C30H25ClN2O5/c1-19-8-15-27(37-2)26(16-19)33-30(36)21-9-12-23(13-10-21)38-18-28(34)32-25-14-11-22(31)17-24(25)29(35)20-6-4-3-5-7-20/h3-17H,18H2,1-2H3,(H,32,34)(H,33,36). The van der Waals surface area contributed by atoms with Gasteiger partial charge in [0.1, 0.15) is 11.5 Å². The van der Waals surface area contributed by atoms with Crippen molar-refractivity contribution in [3.63, 3.8) is 0 Å². The lowest BCUT2D eigenvalue weighted by Gasteiger charge is -2.13. The fraction of sp³-hybridized carbons (Fsp3) is 0.100. The van der Waals surface area contributed by atoms with Gasteiger partial charge in [0.25, 0.3) is 11.8 Å². The molecule has 0 atom stereocenters. The van der Waals surface area contributed by atoms with Gasteiger partial charge in [-0.15, -0.1) is 0 Å². The average molecular weight is 529 g/mol. The largest absolute Gasteiger partial charge is 0.495 e. The Morgan fingerprint density at radius 2 is 1.53 bits per heavy atom. The van der Waals surface area contributed by atoms with Crippen molar-refractivity contribution in [1.82, 2.24) is 0 Å². The second-order valence-corrected chi connectivity index (χ2v) is 8.84. The summed E-state index contributed by atoms with van der Waals surface area (Å²) >= 11 is 6.10. The van der Waals surface area contributed by atoms with Crippen molar-refractivity contribution in [3.8, 4) is 11.5 Å². The number of methoxy groups -OCH3 is 1. The average Bonchev–Trinajstić information content (AvgIpc) is 2.93. The molecule has 2 amide bonds. The van der Waals surface area contributed by atoms with E-state index in [1.165, 1.54) is 13.2 Å². The first kappa shape index (κ1) is 26.4. The molecule has 0 saturated carbocycles. The van der Waals surface area contributed by atoms with Crippen LogP contribution in [-0.2, 0) is 4.79 Å². The van der Waals surface area contributed by atoms with Gasteiger partial charge in [-0.1, -0.05) is 48.0 Å². The van der Waals surface area contributed by atoms with E-state index in [2.05, 4.69) is 10.6 Å². The molecule has 38 heavy (non-hydrogen) atoms. The molecule has 0 aliphatic heterocycles. The summed E-state index contributed by atoms with van der Waals surface area (Å²) in [6.45, 7) is 1.62. The second-order valence-electron chi connectivity index (χ2n) is 8.40. The maximum absolute atomic E-state index is 13.0. The number of nitrogens with one attached hydrogen (secondary N) is 2. The summed E-state index contributed by atoms with van der Waals surface area (Å²) in [5.74, 6) is -0.0634. The van der Waals surface area contributed by atoms with Crippen molar-refractivity contribution in [2.45, 2.75) is 6.92 Å². The fourth-order valence-corrected chi connectivity index (χ4v) is 3.88. The summed E-state index contributed by atoms with van der Waals surface area (Å²) < 4.78 is 10.9. The highest BCUT2D eigenvalue weighted by molar-refractivity contribution is 6.31. The zero-order valence-electron chi connectivity index (χ0n) is 20.8. The van der Waals surface area contributed by atoms with Crippen LogP contribution in [0.25, 0.3) is 0 Å². The van der Waals surface area contributed by atoms with Gasteiger partial charge in [-0.2, -0.15) is 0 Å². The van der Waals surface area contributed by atoms with Gasteiger partial charge in [-0.05, 0) is 67.1 Å². The third-order valence-electron chi connectivity index (χ3n) is 5.63. The van der Waals surface area contributed by atoms with Crippen molar-refractivity contribution in [1.29, 1.82) is 0 Å². The quantitative estimate of drug-likeness (QED) is 0.254. The number of hydrogen-bond donors (Lipinski definition) is 2. The lowest BCUT2D eigenvalue weighted by molar-refractivity contribution is -0.118. The zero-order valence-corrected chi connectivity index (χ0v) is 21.5. The van der Waals surface area contributed by atoms with Gasteiger partial charge in [-0.25, -0.2) is 0 Å². The number of amides is 2. The number of carbonyl (C=O) groups is 3. The Balaban J connectivity index is 1.37. The smallest absolute Gasteiger partial charge is 0.262 e. The van der Waals surface area contributed by atoms with Gasteiger partial charge in [0.05, 0.1) is 18.5 Å². The number of anilines is 2. The number of carbonyl (C=O) groups excluding carboxylic acids is 3. The van der Waals surface area contributed by atoms with E-state index in [4.69, 9.17) is 21.1 Å². The number of ether oxygens (including phenoxy) is 2. The summed E-state index contributed by atoms with van der Waals surface area (Å²) in [5.41, 5.74) is 3.05. The molecule has 0 radical (unpaired) electrons. The van der Waals surface area contributed by atoms with Gasteiger partial charge in [0, 0.05) is 21.7 Å². The molecule has 0 aromatic heterocycles. The van der Waals surface area contributed by atoms with Gasteiger partial charge in [0.15, 0.2) is 12.4 Å². The Labute approximate surface area is 225 Å². The van der Waals surface area contributed by atoms with Crippen molar-refractivity contribution in [3.05, 3.63) is 118 Å². The number of aryl methyl sites for hydroxylation is 1. The van der Waals surface area contributed by atoms with E-state index in [1.807, 2.05) is 25.1 Å². The Hall–Kier alpha value is -4.62. The number of rotatable bonds is 9. The number of hydrogen-bond acceptors (Lipinski definition) is 5. The third-order valence-corrected chi connectivity index (χ3v) is 5.86. The van der Waals surface area contributed by atoms with Crippen LogP contribution in [-0.4, -0.2) is 31.3 Å². The topological polar surface area (TPSA) is 93.7 Å². The Morgan fingerprint density at radius 3 is 2.24 bits per heavy atom. The predicted octanol–water partition coefficient (Wildman–Crippen LogP) is 6.16. The molecule has 4 aromatic rings. The monoisotopic (exact) mass is 528 g/mol. The Bertz CT molecular complexity index is 1470. The SMILES string of the molecule is COc1ccc(C)cc1NC(=O)c1ccc(OCC(=O)Nc2ccc(Cl)cc2C(=O)c2ccccc2)cc1. The molecular formula is C30H25ClN2O5. The van der Waals surface area contributed by atoms with Crippen molar-refractivity contribution in [2.75, 3.05) is 24.4 Å². The van der Waals surface area contributed by atoms with E-state index in [0.29, 0.717) is 39.0 Å². The van der Waals surface area contributed by atoms with E-state index in [1.54, 1.807) is 66.7 Å². The first-order valence-corrected chi connectivity index (χ1v) is 12.1. The van der Waals surface area contributed by atoms with Gasteiger partial charge in [0.2, 0.25) is 0 Å². The lowest BCUT2D eigenvalue weighted by Crippen LogP contribution is -2.21. The highest BCUT2D eigenvalue weighted by Gasteiger charge is 2.17. The van der Waals surface area contributed by atoms with E-state index < -0.39 is 5.91 Å². The minimum atomic E-state index is -0.456. The zero-order chi connectivity index (χ0) is 27.1. The van der Waals surface area contributed by atoms with Crippen molar-refractivity contribution < 1.29 is 23.9 Å². The molecule has 192 valence electrons. The van der Waals surface area contributed by atoms with E-state index >= 15 is 0 Å². The van der Waals surface area contributed by atoms with E-state index in [0.717, 1.165) is 5.56 Å². The number of ketones is 1. The maximum atomic E-state index is 13.0. The minimum absolute atomic E-state index is 0.263. The molecule has 0 bridgehead atoms. The summed E-state index contributed by atoms with van der Waals surface area (Å²) in [5, 5.41) is 5.93. The molecule has 0 unspecified atom stereocenters. The Morgan fingerprint density at radius 1 is 0.789 bits per heavy atom. The normalized spacial score (nSPS) is 10.4. The van der Waals surface area contributed by atoms with E-state index in [9.17, 15) is 14.4 Å². The van der Waals surface area contributed by atoms with Crippen molar-refractivity contribution >= 4 is 40.6 Å². The molecular weight excluding hydrogens is 504 g/mol. The van der Waals surface area contributed by atoms with Crippen molar-refractivity contribution in [2.24, 2.45) is 0 Å². The van der Waals surface area contributed by atoms with Crippen LogP contribution in [0.1, 0.15) is 31.8 Å². The van der Waals surface area contributed by atoms with Gasteiger partial charge >= 0.3 is 0 Å². The highest BCUT2D eigenvalue weighted by atomic mass is 35.5. The number of halogens is 1. The minimum Gasteiger partial charge on any atom is -0.495 e.